The number of nitrogens with two attached hydrogens (primary N) is 1. The predicted octanol–water partition coefficient (Wildman–Crippen LogP) is 1.97. The van der Waals surface area contributed by atoms with E-state index in [0.717, 1.165) is 0 Å². The summed E-state index contributed by atoms with van der Waals surface area (Å²) in [6, 6.07) is 0.204. The fourth-order valence-corrected chi connectivity index (χ4v) is 0.610. The molecule has 0 aliphatic carbocycles. The average Bonchev–Trinajstić information content (AvgIpc) is 2.36. The molecule has 1 aromatic rings. The first kappa shape index (κ1) is 10.4. The SMILES string of the molecule is Cl.N[C@@H](c1ccoc1)C(F)F. The zero-order valence-electron chi connectivity index (χ0n) is 5.54. The van der Waals surface area contributed by atoms with Crippen molar-refractivity contribution in [3.63, 3.8) is 0 Å². The third-order valence-electron chi connectivity index (χ3n) is 1.20. The second kappa shape index (κ2) is 4.31. The summed E-state index contributed by atoms with van der Waals surface area (Å²) in [5, 5.41) is 0. The van der Waals surface area contributed by atoms with E-state index in [1.165, 1.54) is 18.6 Å². The van der Waals surface area contributed by atoms with E-state index in [1.807, 2.05) is 0 Å². The predicted molar refractivity (Wildman–Crippen MR) is 38.9 cm³/mol. The van der Waals surface area contributed by atoms with Crippen molar-refractivity contribution < 1.29 is 13.2 Å². The summed E-state index contributed by atoms with van der Waals surface area (Å²) in [6.07, 6.45) is 0.00611. The third-order valence-corrected chi connectivity index (χ3v) is 1.20. The van der Waals surface area contributed by atoms with Crippen LogP contribution in [0.1, 0.15) is 11.6 Å². The van der Waals surface area contributed by atoms with E-state index in [0.29, 0.717) is 5.56 Å². The summed E-state index contributed by atoms with van der Waals surface area (Å²) in [6.45, 7) is 0. The molecular formula is C6H8ClF2NO. The van der Waals surface area contributed by atoms with E-state index in [-0.39, 0.29) is 12.4 Å². The highest BCUT2D eigenvalue weighted by Gasteiger charge is 2.17. The zero-order chi connectivity index (χ0) is 7.56. The van der Waals surface area contributed by atoms with Crippen molar-refractivity contribution in [1.82, 2.24) is 0 Å². The summed E-state index contributed by atoms with van der Waals surface area (Å²) in [4.78, 5) is 0. The van der Waals surface area contributed by atoms with Crippen LogP contribution in [0.15, 0.2) is 23.0 Å². The molecule has 2 N–H and O–H groups in total. The summed E-state index contributed by atoms with van der Waals surface area (Å²) in [7, 11) is 0. The van der Waals surface area contributed by atoms with Gasteiger partial charge in [-0.25, -0.2) is 8.78 Å². The molecule has 0 amide bonds. The zero-order valence-corrected chi connectivity index (χ0v) is 6.35. The lowest BCUT2D eigenvalue weighted by molar-refractivity contribution is 0.116. The Morgan fingerprint density at radius 2 is 2.09 bits per heavy atom. The molecular weight excluding hydrogens is 176 g/mol. The standard InChI is InChI=1S/C6H7F2NO.ClH/c7-6(8)5(9)4-1-2-10-3-4;/h1-3,5-6H,9H2;1H/t5-;/m0./s1. The molecule has 1 rings (SSSR count). The Morgan fingerprint density at radius 1 is 1.45 bits per heavy atom. The van der Waals surface area contributed by atoms with Crippen molar-refractivity contribution in [1.29, 1.82) is 0 Å². The summed E-state index contributed by atoms with van der Waals surface area (Å²) in [5.74, 6) is 0. The molecule has 0 spiro atoms. The maximum atomic E-state index is 11.8. The van der Waals surface area contributed by atoms with E-state index in [2.05, 4.69) is 4.42 Å². The quantitative estimate of drug-likeness (QED) is 0.762. The Balaban J connectivity index is 0.000001000. The molecule has 0 aromatic carbocycles. The minimum Gasteiger partial charge on any atom is -0.472 e. The molecule has 64 valence electrons. The smallest absolute Gasteiger partial charge is 0.257 e. The Morgan fingerprint density at radius 3 is 2.45 bits per heavy atom. The molecule has 1 heterocycles. The van der Waals surface area contributed by atoms with Crippen LogP contribution in [0, 0.1) is 0 Å². The number of furan rings is 1. The molecule has 1 atom stereocenters. The average molecular weight is 184 g/mol. The van der Waals surface area contributed by atoms with Crippen LogP contribution in [-0.2, 0) is 0 Å². The van der Waals surface area contributed by atoms with Gasteiger partial charge in [0, 0.05) is 5.56 Å². The first-order valence-electron chi connectivity index (χ1n) is 2.77. The highest BCUT2D eigenvalue weighted by Crippen LogP contribution is 2.17. The number of halogens is 3. The molecule has 0 fully saturated rings. The van der Waals surface area contributed by atoms with Crippen LogP contribution in [0.2, 0.25) is 0 Å². The normalized spacial score (nSPS) is 12.7. The van der Waals surface area contributed by atoms with Gasteiger partial charge in [-0.15, -0.1) is 12.4 Å². The molecule has 1 aromatic heterocycles. The molecule has 0 aliphatic heterocycles. The van der Waals surface area contributed by atoms with Gasteiger partial charge in [-0.05, 0) is 6.07 Å². The molecule has 5 heteroatoms. The fourth-order valence-electron chi connectivity index (χ4n) is 0.610. The lowest BCUT2D eigenvalue weighted by Gasteiger charge is -2.05. The van der Waals surface area contributed by atoms with E-state index in [4.69, 9.17) is 5.73 Å². The van der Waals surface area contributed by atoms with Crippen LogP contribution in [0.4, 0.5) is 8.78 Å². The maximum absolute atomic E-state index is 11.8. The van der Waals surface area contributed by atoms with E-state index in [9.17, 15) is 8.78 Å². The van der Waals surface area contributed by atoms with Gasteiger partial charge in [0.2, 0.25) is 0 Å². The Bertz CT molecular complexity index is 190. The van der Waals surface area contributed by atoms with Crippen molar-refractivity contribution in [3.8, 4) is 0 Å². The fraction of sp³-hybridized carbons (Fsp3) is 0.333. The third kappa shape index (κ3) is 2.48. The van der Waals surface area contributed by atoms with Gasteiger partial charge in [-0.1, -0.05) is 0 Å². The van der Waals surface area contributed by atoms with Gasteiger partial charge in [0.25, 0.3) is 6.43 Å². The topological polar surface area (TPSA) is 39.2 Å². The Hall–Kier alpha value is -0.610. The lowest BCUT2D eigenvalue weighted by atomic mass is 10.2. The second-order valence-corrected chi connectivity index (χ2v) is 1.92. The van der Waals surface area contributed by atoms with Crippen molar-refractivity contribution in [2.45, 2.75) is 12.5 Å². The molecule has 11 heavy (non-hydrogen) atoms. The number of alkyl halides is 2. The van der Waals surface area contributed by atoms with Gasteiger partial charge >= 0.3 is 0 Å². The van der Waals surface area contributed by atoms with Crippen LogP contribution < -0.4 is 5.73 Å². The molecule has 0 aliphatic rings. The maximum Gasteiger partial charge on any atom is 0.257 e. The molecule has 0 unspecified atom stereocenters. The number of hydrogen-bond donors (Lipinski definition) is 1. The summed E-state index contributed by atoms with van der Waals surface area (Å²) < 4.78 is 28.2. The van der Waals surface area contributed by atoms with Gasteiger partial charge < -0.3 is 10.2 Å². The molecule has 0 bridgehead atoms. The van der Waals surface area contributed by atoms with Crippen molar-refractivity contribution >= 4 is 12.4 Å². The van der Waals surface area contributed by atoms with E-state index >= 15 is 0 Å². The highest BCUT2D eigenvalue weighted by atomic mass is 35.5. The van der Waals surface area contributed by atoms with Crippen LogP contribution in [-0.4, -0.2) is 6.43 Å². The Labute approximate surface area is 68.8 Å². The Kier molecular flexibility index (Phi) is 4.07. The van der Waals surface area contributed by atoms with E-state index in [1.54, 1.807) is 0 Å². The van der Waals surface area contributed by atoms with Crippen molar-refractivity contribution in [2.75, 3.05) is 0 Å². The lowest BCUT2D eigenvalue weighted by Crippen LogP contribution is -2.17. The van der Waals surface area contributed by atoms with Crippen LogP contribution in [0.3, 0.4) is 0 Å². The molecule has 0 radical (unpaired) electrons. The van der Waals surface area contributed by atoms with Gasteiger partial charge in [0.15, 0.2) is 0 Å². The number of rotatable bonds is 2. The minimum atomic E-state index is -2.53. The van der Waals surface area contributed by atoms with Crippen molar-refractivity contribution in [3.05, 3.63) is 24.2 Å². The van der Waals surface area contributed by atoms with Crippen LogP contribution >= 0.6 is 12.4 Å². The molecule has 0 saturated carbocycles. The van der Waals surface area contributed by atoms with Gasteiger partial charge in [0.1, 0.15) is 0 Å². The van der Waals surface area contributed by atoms with Gasteiger partial charge in [-0.2, -0.15) is 0 Å². The minimum absolute atomic E-state index is 0. The highest BCUT2D eigenvalue weighted by molar-refractivity contribution is 5.85. The first-order valence-corrected chi connectivity index (χ1v) is 2.77. The first-order chi connectivity index (χ1) is 4.72. The summed E-state index contributed by atoms with van der Waals surface area (Å²) >= 11 is 0. The number of hydrogen-bond acceptors (Lipinski definition) is 2. The monoisotopic (exact) mass is 183 g/mol. The largest absolute Gasteiger partial charge is 0.472 e. The summed E-state index contributed by atoms with van der Waals surface area (Å²) in [5.41, 5.74) is 5.40. The van der Waals surface area contributed by atoms with E-state index < -0.39 is 12.5 Å². The van der Waals surface area contributed by atoms with Gasteiger partial charge in [0.05, 0.1) is 18.6 Å². The van der Waals surface area contributed by atoms with Crippen LogP contribution in [0.25, 0.3) is 0 Å². The molecule has 2 nitrogen and oxygen atoms in total. The second-order valence-electron chi connectivity index (χ2n) is 1.92. The van der Waals surface area contributed by atoms with Gasteiger partial charge in [-0.3, -0.25) is 0 Å². The van der Waals surface area contributed by atoms with Crippen molar-refractivity contribution in [2.24, 2.45) is 5.73 Å². The molecule has 0 saturated heterocycles. The van der Waals surface area contributed by atoms with Crippen LogP contribution in [0.5, 0.6) is 0 Å².